The fourth-order valence-electron chi connectivity index (χ4n) is 3.95. The van der Waals surface area contributed by atoms with E-state index in [1.807, 2.05) is 47.5 Å². The quantitative estimate of drug-likeness (QED) is 0.555. The van der Waals surface area contributed by atoms with Gasteiger partial charge in [0.15, 0.2) is 0 Å². The maximum absolute atomic E-state index is 13.4. The van der Waals surface area contributed by atoms with Gasteiger partial charge in [0.05, 0.1) is 24.4 Å². The van der Waals surface area contributed by atoms with Crippen molar-refractivity contribution < 1.29 is 13.9 Å². The van der Waals surface area contributed by atoms with Crippen molar-refractivity contribution in [3.8, 4) is 11.5 Å². The molecule has 2 aliphatic rings. The molecular weight excluding hydrogens is 391 g/mol. The van der Waals surface area contributed by atoms with E-state index in [0.29, 0.717) is 11.4 Å². The molecule has 0 N–H and O–H groups in total. The van der Waals surface area contributed by atoms with Gasteiger partial charge >= 0.3 is 0 Å². The van der Waals surface area contributed by atoms with Gasteiger partial charge in [0.2, 0.25) is 6.23 Å². The monoisotopic (exact) mass is 408 g/mol. The number of hydrazone groups is 1. The Hall–Kier alpha value is -3.05. The summed E-state index contributed by atoms with van der Waals surface area (Å²) >= 11 is 6.27. The first-order valence-electron chi connectivity index (χ1n) is 9.35. The average molecular weight is 409 g/mol. The molecule has 2 atom stereocenters. The third-order valence-electron chi connectivity index (χ3n) is 5.33. The molecule has 0 saturated carbocycles. The van der Waals surface area contributed by atoms with Crippen molar-refractivity contribution in [1.82, 2.24) is 5.01 Å². The zero-order valence-electron chi connectivity index (χ0n) is 15.7. The smallest absolute Gasteiger partial charge is 0.217 e. The van der Waals surface area contributed by atoms with E-state index in [2.05, 4.69) is 0 Å². The summed E-state index contributed by atoms with van der Waals surface area (Å²) in [5, 5.41) is 7.48. The van der Waals surface area contributed by atoms with Gasteiger partial charge in [-0.15, -0.1) is 0 Å². The van der Waals surface area contributed by atoms with E-state index in [0.717, 1.165) is 33.9 Å². The van der Waals surface area contributed by atoms with Gasteiger partial charge in [-0.05, 0) is 48.0 Å². The molecule has 2 aliphatic heterocycles. The van der Waals surface area contributed by atoms with Crippen molar-refractivity contribution in [3.05, 3.63) is 94.3 Å². The lowest BCUT2D eigenvalue weighted by Gasteiger charge is -2.38. The van der Waals surface area contributed by atoms with Crippen molar-refractivity contribution in [2.45, 2.75) is 18.7 Å². The minimum atomic E-state index is -0.442. The van der Waals surface area contributed by atoms with Crippen LogP contribution in [-0.4, -0.2) is 17.8 Å². The van der Waals surface area contributed by atoms with Crippen LogP contribution in [0.3, 0.4) is 0 Å². The van der Waals surface area contributed by atoms with Crippen molar-refractivity contribution in [2.75, 3.05) is 7.11 Å². The SMILES string of the molecule is COc1ccccc1C1Oc2ccc(Cl)cc2C2CC(c3ccc(F)cc3)=NN21. The second-order valence-corrected chi connectivity index (χ2v) is 7.48. The molecule has 2 heterocycles. The van der Waals surface area contributed by atoms with E-state index < -0.39 is 6.23 Å². The zero-order chi connectivity index (χ0) is 20.0. The topological polar surface area (TPSA) is 34.1 Å². The maximum Gasteiger partial charge on any atom is 0.217 e. The summed E-state index contributed by atoms with van der Waals surface area (Å²) in [6, 6.07) is 19.8. The van der Waals surface area contributed by atoms with E-state index in [4.69, 9.17) is 26.2 Å². The van der Waals surface area contributed by atoms with Crippen molar-refractivity contribution in [3.63, 3.8) is 0 Å². The molecule has 0 spiro atoms. The average Bonchev–Trinajstić information content (AvgIpc) is 3.19. The molecule has 0 saturated heterocycles. The highest BCUT2D eigenvalue weighted by Gasteiger charge is 2.42. The Kier molecular flexibility index (Phi) is 4.40. The van der Waals surface area contributed by atoms with Crippen LogP contribution in [0, 0.1) is 5.82 Å². The van der Waals surface area contributed by atoms with Gasteiger partial charge in [-0.25, -0.2) is 9.40 Å². The van der Waals surface area contributed by atoms with Crippen LogP contribution in [0.2, 0.25) is 5.02 Å². The lowest BCUT2D eigenvalue weighted by Crippen LogP contribution is -2.33. The number of methoxy groups -OCH3 is 1. The van der Waals surface area contributed by atoms with Gasteiger partial charge in [-0.1, -0.05) is 35.9 Å². The summed E-state index contributed by atoms with van der Waals surface area (Å²) in [5.41, 5.74) is 3.66. The van der Waals surface area contributed by atoms with Crippen LogP contribution in [0.25, 0.3) is 0 Å². The van der Waals surface area contributed by atoms with Crippen LogP contribution in [0.1, 0.15) is 35.4 Å². The zero-order valence-corrected chi connectivity index (χ0v) is 16.4. The molecule has 2 unspecified atom stereocenters. The summed E-state index contributed by atoms with van der Waals surface area (Å²) in [7, 11) is 1.64. The Morgan fingerprint density at radius 2 is 1.86 bits per heavy atom. The van der Waals surface area contributed by atoms with Gasteiger partial charge in [0.25, 0.3) is 0 Å². The van der Waals surface area contributed by atoms with E-state index in [1.54, 1.807) is 19.2 Å². The van der Waals surface area contributed by atoms with Gasteiger partial charge in [-0.3, -0.25) is 0 Å². The molecule has 146 valence electrons. The van der Waals surface area contributed by atoms with Crippen LogP contribution >= 0.6 is 11.6 Å². The minimum Gasteiger partial charge on any atom is -0.496 e. The van der Waals surface area contributed by atoms with Crippen LogP contribution in [-0.2, 0) is 0 Å². The van der Waals surface area contributed by atoms with E-state index in [9.17, 15) is 4.39 Å². The number of hydrogen-bond acceptors (Lipinski definition) is 4. The Bertz CT molecular complexity index is 1100. The van der Waals surface area contributed by atoms with Gasteiger partial charge in [0.1, 0.15) is 17.3 Å². The Labute approximate surface area is 173 Å². The molecular formula is C23H18ClFN2O2. The fraction of sp³-hybridized carbons (Fsp3) is 0.174. The normalized spacial score (nSPS) is 19.8. The first-order chi connectivity index (χ1) is 14.1. The molecule has 3 aromatic rings. The van der Waals surface area contributed by atoms with Gasteiger partial charge < -0.3 is 9.47 Å². The number of para-hydroxylation sites is 1. The highest BCUT2D eigenvalue weighted by atomic mass is 35.5. The molecule has 0 radical (unpaired) electrons. The summed E-state index contributed by atoms with van der Waals surface area (Å²) in [6.45, 7) is 0. The first kappa shape index (κ1) is 18.0. The number of ether oxygens (including phenoxy) is 2. The van der Waals surface area contributed by atoms with Crippen molar-refractivity contribution >= 4 is 17.3 Å². The summed E-state index contributed by atoms with van der Waals surface area (Å²) < 4.78 is 25.3. The Morgan fingerprint density at radius 3 is 2.66 bits per heavy atom. The van der Waals surface area contributed by atoms with Crippen molar-refractivity contribution in [1.29, 1.82) is 0 Å². The van der Waals surface area contributed by atoms with Gasteiger partial charge in [0, 0.05) is 17.0 Å². The molecule has 4 nitrogen and oxygen atoms in total. The van der Waals surface area contributed by atoms with E-state index >= 15 is 0 Å². The summed E-state index contributed by atoms with van der Waals surface area (Å²) in [4.78, 5) is 0. The highest BCUT2D eigenvalue weighted by molar-refractivity contribution is 6.30. The molecule has 5 rings (SSSR count). The second kappa shape index (κ2) is 7.08. The molecule has 0 fully saturated rings. The molecule has 0 bridgehead atoms. The van der Waals surface area contributed by atoms with Crippen LogP contribution in [0.4, 0.5) is 4.39 Å². The molecule has 6 heteroatoms. The molecule has 0 amide bonds. The number of benzene rings is 3. The number of halogens is 2. The van der Waals surface area contributed by atoms with E-state index in [1.165, 1.54) is 12.1 Å². The highest BCUT2D eigenvalue weighted by Crippen LogP contribution is 2.49. The lowest BCUT2D eigenvalue weighted by molar-refractivity contribution is -0.0203. The molecule has 0 aromatic heterocycles. The number of rotatable bonds is 3. The maximum atomic E-state index is 13.4. The standard InChI is InChI=1S/C23H18ClFN2O2/c1-28-21-5-3-2-4-17(21)23-27-20(18-12-15(24)8-11-22(18)29-23)13-19(26-27)14-6-9-16(25)10-7-14/h2-12,20,23H,13H2,1H3. The molecule has 0 aliphatic carbocycles. The first-order valence-corrected chi connectivity index (χ1v) is 9.72. The Balaban J connectivity index is 1.62. The molecule has 29 heavy (non-hydrogen) atoms. The fourth-order valence-corrected chi connectivity index (χ4v) is 4.13. The predicted molar refractivity (Wildman–Crippen MR) is 110 cm³/mol. The summed E-state index contributed by atoms with van der Waals surface area (Å²) in [6.07, 6.45) is 0.233. The summed E-state index contributed by atoms with van der Waals surface area (Å²) in [5.74, 6) is 1.25. The van der Waals surface area contributed by atoms with Crippen LogP contribution in [0.5, 0.6) is 11.5 Å². The van der Waals surface area contributed by atoms with E-state index in [-0.39, 0.29) is 11.9 Å². The Morgan fingerprint density at radius 1 is 1.07 bits per heavy atom. The van der Waals surface area contributed by atoms with Crippen LogP contribution in [0.15, 0.2) is 71.8 Å². The van der Waals surface area contributed by atoms with Crippen LogP contribution < -0.4 is 9.47 Å². The lowest BCUT2D eigenvalue weighted by atomic mass is 9.96. The van der Waals surface area contributed by atoms with Crippen molar-refractivity contribution in [2.24, 2.45) is 5.10 Å². The number of nitrogens with zero attached hydrogens (tertiary/aromatic N) is 2. The predicted octanol–water partition coefficient (Wildman–Crippen LogP) is 5.73. The third kappa shape index (κ3) is 3.12. The minimum absolute atomic E-state index is 0.0348. The van der Waals surface area contributed by atoms with Gasteiger partial charge in [-0.2, -0.15) is 5.10 Å². The third-order valence-corrected chi connectivity index (χ3v) is 5.57. The number of fused-ring (bicyclic) bond motifs is 3. The number of hydrogen-bond donors (Lipinski definition) is 0. The largest absolute Gasteiger partial charge is 0.496 e. The molecule has 3 aromatic carbocycles. The second-order valence-electron chi connectivity index (χ2n) is 7.05.